The van der Waals surface area contributed by atoms with Crippen LogP contribution in [0.5, 0.6) is 0 Å². The van der Waals surface area contributed by atoms with Crippen molar-refractivity contribution < 1.29 is 45.0 Å². The van der Waals surface area contributed by atoms with E-state index in [-0.39, 0.29) is 37.7 Å². The van der Waals surface area contributed by atoms with Crippen LogP contribution in [0.2, 0.25) is 0 Å². The Bertz CT molecular complexity index is 595. The van der Waals surface area contributed by atoms with Crippen LogP contribution >= 0.6 is 0 Å². The smallest absolute Gasteiger partial charge is 0.748 e. The van der Waals surface area contributed by atoms with Crippen molar-refractivity contribution in [2.24, 2.45) is 11.8 Å². The zero-order valence-corrected chi connectivity index (χ0v) is 17.6. The van der Waals surface area contributed by atoms with E-state index in [9.17, 15) is 35.5 Å². The van der Waals surface area contributed by atoms with Crippen LogP contribution in [0.1, 0.15) is 13.8 Å². The summed E-state index contributed by atoms with van der Waals surface area (Å²) in [6, 6.07) is 0. The van der Waals surface area contributed by atoms with Crippen LogP contribution in [0.4, 0.5) is 0 Å². The largest absolute Gasteiger partial charge is 2.00 e. The van der Waals surface area contributed by atoms with Crippen molar-refractivity contribution in [1.82, 2.24) is 0 Å². The van der Waals surface area contributed by atoms with Crippen LogP contribution in [0, 0.1) is 11.8 Å². The summed E-state index contributed by atoms with van der Waals surface area (Å²) >= 11 is 0. The first-order valence-corrected chi connectivity index (χ1v) is 9.38. The molecule has 0 aromatic rings. The number of rotatable bonds is 8. The van der Waals surface area contributed by atoms with Crippen LogP contribution < -0.4 is 0 Å². The fourth-order valence-corrected chi connectivity index (χ4v) is 2.64. The van der Waals surface area contributed by atoms with Gasteiger partial charge in [-0.15, -0.1) is 0 Å². The van der Waals surface area contributed by atoms with Crippen LogP contribution in [0.3, 0.4) is 0 Å². The predicted octanol–water partition coefficient (Wildman–Crippen LogP) is -0.672. The molecule has 0 fully saturated rings. The van der Waals surface area contributed by atoms with E-state index < -0.39 is 55.5 Å². The molecule has 0 radical (unpaired) electrons. The fraction of sp³-hybridized carbons (Fsp3) is 0.500. The average Bonchev–Trinajstić information content (AvgIpc) is 2.36. The number of hydrogen-bond acceptors (Lipinski definition) is 10. The van der Waals surface area contributed by atoms with Crippen molar-refractivity contribution in [3.8, 4) is 0 Å². The minimum Gasteiger partial charge on any atom is -0.748 e. The molecule has 13 heteroatoms. The molecule has 25 heavy (non-hydrogen) atoms. The van der Waals surface area contributed by atoms with Gasteiger partial charge in [0.25, 0.3) is 0 Å². The van der Waals surface area contributed by atoms with Gasteiger partial charge in [-0.05, 0) is 0 Å². The van der Waals surface area contributed by atoms with Gasteiger partial charge in [-0.25, -0.2) is 16.8 Å². The first-order chi connectivity index (χ1) is 10.7. The number of ether oxygens (including phenoxy) is 2. The quantitative estimate of drug-likeness (QED) is 0.210. The molecule has 10 nitrogen and oxygen atoms in total. The summed E-state index contributed by atoms with van der Waals surface area (Å²) in [6.45, 7) is 8.80. The zero-order valence-electron chi connectivity index (χ0n) is 13.7. The second kappa shape index (κ2) is 13.7. The van der Waals surface area contributed by atoms with E-state index in [0.29, 0.717) is 0 Å². The minimum absolute atomic E-state index is 0. The molecule has 0 N–H and O–H groups in total. The Hall–Kier alpha value is -0.500. The predicted molar refractivity (Wildman–Crippen MR) is 85.8 cm³/mol. The molecule has 0 amide bonds. The van der Waals surface area contributed by atoms with Crippen LogP contribution in [-0.2, 0) is 39.3 Å². The first kappa shape index (κ1) is 29.3. The average molecular weight is 426 g/mol. The van der Waals surface area contributed by atoms with Crippen molar-refractivity contribution in [3.63, 3.8) is 0 Å². The van der Waals surface area contributed by atoms with Gasteiger partial charge < -0.3 is 18.6 Å². The topological polar surface area (TPSA) is 167 Å². The Balaban J connectivity index is -0.000000372. The van der Waals surface area contributed by atoms with E-state index in [1.807, 2.05) is 0 Å². The second-order valence-corrected chi connectivity index (χ2v) is 7.36. The molecular formula is C12H18CaO10S2. The summed E-state index contributed by atoms with van der Waals surface area (Å²) in [5.74, 6) is -4.95. The third-order valence-corrected chi connectivity index (χ3v) is 3.93. The van der Waals surface area contributed by atoms with Crippen molar-refractivity contribution in [2.75, 3.05) is 11.5 Å². The van der Waals surface area contributed by atoms with Crippen LogP contribution in [0.25, 0.3) is 0 Å². The number of carbonyl (C=O) groups is 2. The molecule has 0 saturated heterocycles. The molecule has 0 aromatic carbocycles. The van der Waals surface area contributed by atoms with E-state index in [1.165, 1.54) is 13.8 Å². The summed E-state index contributed by atoms with van der Waals surface area (Å²) in [6.07, 6.45) is 1.77. The maximum Gasteiger partial charge on any atom is 2.00 e. The molecule has 0 heterocycles. The van der Waals surface area contributed by atoms with Gasteiger partial charge in [-0.1, -0.05) is 27.0 Å². The second-order valence-electron chi connectivity index (χ2n) is 4.46. The Morgan fingerprint density at radius 2 is 1.12 bits per heavy atom. The summed E-state index contributed by atoms with van der Waals surface area (Å²) in [5.41, 5.74) is 0. The van der Waals surface area contributed by atoms with E-state index in [2.05, 4.69) is 22.6 Å². The van der Waals surface area contributed by atoms with Gasteiger partial charge in [-0.3, -0.25) is 9.59 Å². The molecule has 0 aliphatic rings. The molecule has 0 bridgehead atoms. The maximum absolute atomic E-state index is 10.7. The monoisotopic (exact) mass is 426 g/mol. The first-order valence-electron chi connectivity index (χ1n) is 6.23. The molecule has 0 spiro atoms. The van der Waals surface area contributed by atoms with Crippen molar-refractivity contribution in [2.45, 2.75) is 13.8 Å². The Kier molecular flexibility index (Phi) is 16.0. The normalized spacial score (nSPS) is 13.0. The Morgan fingerprint density at radius 3 is 1.28 bits per heavy atom. The summed E-state index contributed by atoms with van der Waals surface area (Å²) in [4.78, 5) is 21.4. The van der Waals surface area contributed by atoms with Gasteiger partial charge in [0.2, 0.25) is 0 Å². The number of hydrogen-bond donors (Lipinski definition) is 0. The van der Waals surface area contributed by atoms with Crippen LogP contribution in [0.15, 0.2) is 25.7 Å². The van der Waals surface area contributed by atoms with Gasteiger partial charge >= 0.3 is 49.7 Å². The molecule has 0 aliphatic heterocycles. The van der Waals surface area contributed by atoms with Gasteiger partial charge in [0.1, 0.15) is 0 Å². The van der Waals surface area contributed by atoms with Gasteiger partial charge in [0.15, 0.2) is 0 Å². The molecule has 0 rings (SSSR count). The molecular weight excluding hydrogens is 408 g/mol. The molecule has 2 unspecified atom stereocenters. The SMILES string of the molecule is C=COC(=O)C(C)CS(=O)(=O)[O-].C=COC(=O)C(C)CS(=O)(=O)[O-].[Ca+2]. The summed E-state index contributed by atoms with van der Waals surface area (Å²) < 4.78 is 69.5. The molecule has 0 aromatic heterocycles. The van der Waals surface area contributed by atoms with E-state index in [4.69, 9.17) is 0 Å². The fourth-order valence-electron chi connectivity index (χ4n) is 1.15. The summed E-state index contributed by atoms with van der Waals surface area (Å²) in [7, 11) is -8.74. The van der Waals surface area contributed by atoms with Gasteiger partial charge in [0.05, 0.1) is 56.1 Å². The van der Waals surface area contributed by atoms with E-state index in [0.717, 1.165) is 12.5 Å². The molecule has 2 atom stereocenters. The molecule has 0 aliphatic carbocycles. The third kappa shape index (κ3) is 19.7. The standard InChI is InChI=1S/2C6H10O5S.Ca/c2*1-3-11-6(7)5(2)4-12(8,9)10;/h2*3,5H,1,4H2,2H3,(H,8,9,10);/q;;+2/p-2. The number of carbonyl (C=O) groups excluding carboxylic acids is 2. The molecule has 0 saturated carbocycles. The van der Waals surface area contributed by atoms with Gasteiger partial charge in [0, 0.05) is 0 Å². The number of esters is 2. The Morgan fingerprint density at radius 1 is 0.880 bits per heavy atom. The van der Waals surface area contributed by atoms with Crippen LogP contribution in [-0.4, -0.2) is 87.1 Å². The van der Waals surface area contributed by atoms with E-state index in [1.54, 1.807) is 0 Å². The zero-order chi connectivity index (χ0) is 19.6. The van der Waals surface area contributed by atoms with Crippen molar-refractivity contribution in [3.05, 3.63) is 25.7 Å². The summed E-state index contributed by atoms with van der Waals surface area (Å²) in [5, 5.41) is 0. The maximum atomic E-state index is 10.7. The molecule has 140 valence electrons. The third-order valence-electron chi connectivity index (χ3n) is 2.11. The van der Waals surface area contributed by atoms with E-state index >= 15 is 0 Å². The van der Waals surface area contributed by atoms with Gasteiger partial charge in [-0.2, -0.15) is 0 Å². The van der Waals surface area contributed by atoms with Crippen molar-refractivity contribution in [1.29, 1.82) is 0 Å². The van der Waals surface area contributed by atoms with Crippen molar-refractivity contribution >= 4 is 69.9 Å². The Labute approximate surface area is 176 Å². The minimum atomic E-state index is -4.37.